The highest BCUT2D eigenvalue weighted by Crippen LogP contribution is 2.19. The van der Waals surface area contributed by atoms with Gasteiger partial charge in [-0.1, -0.05) is 84.9 Å². The van der Waals surface area contributed by atoms with Crippen LogP contribution in [0, 0.1) is 0 Å². The van der Waals surface area contributed by atoms with Crippen molar-refractivity contribution in [3.8, 4) is 0 Å². The second-order valence-electron chi connectivity index (χ2n) is 7.38. The molecule has 0 saturated carbocycles. The van der Waals surface area contributed by atoms with Crippen LogP contribution in [0.2, 0.25) is 0 Å². The van der Waals surface area contributed by atoms with E-state index in [-0.39, 0.29) is 0 Å². The van der Waals surface area contributed by atoms with Gasteiger partial charge in [0.05, 0.1) is 0 Å². The molecule has 0 amide bonds. The highest BCUT2D eigenvalue weighted by Gasteiger charge is 2.00. The van der Waals surface area contributed by atoms with E-state index >= 15 is 0 Å². The van der Waals surface area contributed by atoms with E-state index in [2.05, 4.69) is 101 Å². The Morgan fingerprint density at radius 2 is 0.828 bits per heavy atom. The smallest absolute Gasteiger partial charge is 0.0212 e. The molecule has 0 aromatic heterocycles. The van der Waals surface area contributed by atoms with Crippen molar-refractivity contribution in [2.24, 2.45) is 0 Å². The molecule has 4 rings (SSSR count). The van der Waals surface area contributed by atoms with Gasteiger partial charge in [0.15, 0.2) is 0 Å². The molecule has 3 heteroatoms. The first kappa shape index (κ1) is 19.6. The maximum absolute atomic E-state index is 3.55. The van der Waals surface area contributed by atoms with Gasteiger partial charge in [-0.2, -0.15) is 0 Å². The lowest BCUT2D eigenvalue weighted by Gasteiger charge is -2.10. The number of hydrogen-bond donors (Lipinski definition) is 3. The average molecular weight is 384 g/mol. The molecular formula is C26H29N3. The fourth-order valence-electron chi connectivity index (χ4n) is 3.82. The summed E-state index contributed by atoms with van der Waals surface area (Å²) >= 11 is 0. The van der Waals surface area contributed by atoms with E-state index in [4.69, 9.17) is 0 Å². The van der Waals surface area contributed by atoms with E-state index in [1.807, 2.05) is 0 Å². The summed E-state index contributed by atoms with van der Waals surface area (Å²) in [6, 6.07) is 30.2. The number of hydrogen-bond acceptors (Lipinski definition) is 3. The van der Waals surface area contributed by atoms with Gasteiger partial charge in [0.25, 0.3) is 0 Å². The van der Waals surface area contributed by atoms with Gasteiger partial charge in [-0.15, -0.1) is 0 Å². The van der Waals surface area contributed by atoms with E-state index in [1.165, 1.54) is 32.7 Å². The Labute approximate surface area is 173 Å². The Hall–Kier alpha value is -2.72. The van der Waals surface area contributed by atoms with Gasteiger partial charge >= 0.3 is 0 Å². The molecule has 0 aliphatic heterocycles. The molecule has 0 aliphatic carbocycles. The fraction of sp³-hybridized carbons (Fsp3) is 0.231. The van der Waals surface area contributed by atoms with Crippen LogP contribution >= 0.6 is 0 Å². The molecule has 148 valence electrons. The van der Waals surface area contributed by atoms with E-state index in [1.54, 1.807) is 0 Å². The largest absolute Gasteiger partial charge is 0.314 e. The minimum Gasteiger partial charge on any atom is -0.314 e. The van der Waals surface area contributed by atoms with Crippen molar-refractivity contribution in [2.45, 2.75) is 13.1 Å². The summed E-state index contributed by atoms with van der Waals surface area (Å²) < 4.78 is 0. The molecule has 0 atom stereocenters. The number of benzene rings is 4. The molecule has 0 aliphatic rings. The van der Waals surface area contributed by atoms with E-state index < -0.39 is 0 Å². The normalized spacial score (nSPS) is 11.3. The SMILES string of the molecule is c1ccc2c(CNCCNCCNCc3cccc4ccccc34)cccc2c1. The maximum atomic E-state index is 3.55. The molecule has 0 fully saturated rings. The lowest BCUT2D eigenvalue weighted by molar-refractivity contribution is 0.582. The van der Waals surface area contributed by atoms with Crippen LogP contribution in [0.4, 0.5) is 0 Å². The lowest BCUT2D eigenvalue weighted by Crippen LogP contribution is -2.32. The summed E-state index contributed by atoms with van der Waals surface area (Å²) in [7, 11) is 0. The first-order chi connectivity index (χ1) is 14.4. The molecule has 4 aromatic carbocycles. The molecule has 3 nitrogen and oxygen atoms in total. The Kier molecular flexibility index (Phi) is 6.87. The lowest BCUT2D eigenvalue weighted by atomic mass is 10.0. The van der Waals surface area contributed by atoms with Crippen LogP contribution in [-0.4, -0.2) is 26.2 Å². The second-order valence-corrected chi connectivity index (χ2v) is 7.38. The maximum Gasteiger partial charge on any atom is 0.0212 e. The highest BCUT2D eigenvalue weighted by molar-refractivity contribution is 5.86. The van der Waals surface area contributed by atoms with Crippen LogP contribution in [0.1, 0.15) is 11.1 Å². The van der Waals surface area contributed by atoms with Crippen molar-refractivity contribution >= 4 is 21.5 Å². The molecule has 0 heterocycles. The summed E-state index contributed by atoms with van der Waals surface area (Å²) in [6.45, 7) is 5.69. The Morgan fingerprint density at radius 1 is 0.414 bits per heavy atom. The number of fused-ring (bicyclic) bond motifs is 2. The summed E-state index contributed by atoms with van der Waals surface area (Å²) in [6.07, 6.45) is 0. The van der Waals surface area contributed by atoms with E-state index in [9.17, 15) is 0 Å². The van der Waals surface area contributed by atoms with Crippen LogP contribution in [0.25, 0.3) is 21.5 Å². The van der Waals surface area contributed by atoms with Crippen LogP contribution in [0.3, 0.4) is 0 Å². The predicted octanol–water partition coefficient (Wildman–Crippen LogP) is 4.46. The van der Waals surface area contributed by atoms with Gasteiger partial charge in [-0.3, -0.25) is 0 Å². The summed E-state index contributed by atoms with van der Waals surface area (Å²) in [5, 5.41) is 15.9. The third-order valence-corrected chi connectivity index (χ3v) is 5.35. The predicted molar refractivity (Wildman–Crippen MR) is 124 cm³/mol. The molecular weight excluding hydrogens is 354 g/mol. The van der Waals surface area contributed by atoms with Crippen molar-refractivity contribution < 1.29 is 0 Å². The zero-order chi connectivity index (χ0) is 19.7. The first-order valence-electron chi connectivity index (χ1n) is 10.5. The zero-order valence-electron chi connectivity index (χ0n) is 16.8. The molecule has 4 aromatic rings. The van der Waals surface area contributed by atoms with Gasteiger partial charge in [-0.25, -0.2) is 0 Å². The highest BCUT2D eigenvalue weighted by atomic mass is 15.0. The minimum absolute atomic E-state index is 0.905. The second kappa shape index (κ2) is 10.2. The van der Waals surface area contributed by atoms with Gasteiger partial charge in [0, 0.05) is 39.3 Å². The molecule has 3 N–H and O–H groups in total. The average Bonchev–Trinajstić information content (AvgIpc) is 2.78. The van der Waals surface area contributed by atoms with Crippen LogP contribution in [0.5, 0.6) is 0 Å². The monoisotopic (exact) mass is 383 g/mol. The van der Waals surface area contributed by atoms with Gasteiger partial charge < -0.3 is 16.0 Å². The van der Waals surface area contributed by atoms with Crippen molar-refractivity contribution in [3.63, 3.8) is 0 Å². The van der Waals surface area contributed by atoms with Gasteiger partial charge in [-0.05, 0) is 32.7 Å². The minimum atomic E-state index is 0.905. The summed E-state index contributed by atoms with van der Waals surface area (Å²) in [5.41, 5.74) is 2.72. The third-order valence-electron chi connectivity index (χ3n) is 5.35. The number of nitrogens with one attached hydrogen (secondary N) is 3. The third kappa shape index (κ3) is 5.21. The molecule has 0 spiro atoms. The molecule has 0 unspecified atom stereocenters. The fourth-order valence-corrected chi connectivity index (χ4v) is 3.82. The molecule has 29 heavy (non-hydrogen) atoms. The Morgan fingerprint density at radius 3 is 1.34 bits per heavy atom. The van der Waals surface area contributed by atoms with Crippen LogP contribution < -0.4 is 16.0 Å². The Bertz CT molecular complexity index is 962. The number of rotatable bonds is 10. The van der Waals surface area contributed by atoms with E-state index in [0.717, 1.165) is 39.3 Å². The summed E-state index contributed by atoms with van der Waals surface area (Å²) in [5.74, 6) is 0. The molecule has 0 saturated heterocycles. The molecule has 0 radical (unpaired) electrons. The zero-order valence-corrected chi connectivity index (χ0v) is 16.8. The first-order valence-corrected chi connectivity index (χ1v) is 10.5. The van der Waals surface area contributed by atoms with Crippen LogP contribution in [-0.2, 0) is 13.1 Å². The topological polar surface area (TPSA) is 36.1 Å². The van der Waals surface area contributed by atoms with Crippen molar-refractivity contribution in [1.29, 1.82) is 0 Å². The van der Waals surface area contributed by atoms with Gasteiger partial charge in [0.2, 0.25) is 0 Å². The van der Waals surface area contributed by atoms with Gasteiger partial charge in [0.1, 0.15) is 0 Å². The van der Waals surface area contributed by atoms with E-state index in [0.29, 0.717) is 0 Å². The summed E-state index contributed by atoms with van der Waals surface area (Å²) in [4.78, 5) is 0. The quantitative estimate of drug-likeness (QED) is 0.354. The van der Waals surface area contributed by atoms with Crippen molar-refractivity contribution in [1.82, 2.24) is 16.0 Å². The Balaban J connectivity index is 1.12. The standard InChI is InChI=1S/C26H29N3/c1-3-13-25-21(7-1)9-5-11-23(25)19-28-17-15-27-16-18-29-20-24-12-6-10-22-8-2-4-14-26(22)24/h1-14,27-29H,15-20H2. The van der Waals surface area contributed by atoms with Crippen LogP contribution in [0.15, 0.2) is 84.9 Å². The van der Waals surface area contributed by atoms with Crippen molar-refractivity contribution in [3.05, 3.63) is 96.1 Å². The molecule has 0 bridgehead atoms. The van der Waals surface area contributed by atoms with Crippen molar-refractivity contribution in [2.75, 3.05) is 26.2 Å².